The average molecular weight is 539 g/mol. The van der Waals surface area contributed by atoms with Gasteiger partial charge in [0, 0.05) is 0 Å². The Morgan fingerprint density at radius 3 is 2.54 bits per heavy atom. The molecule has 0 bridgehead atoms. The maximum atomic E-state index is 15.5. The Hall–Kier alpha value is -3.55. The van der Waals surface area contributed by atoms with E-state index in [9.17, 15) is 34.8 Å². The number of hydrogen-bond donors (Lipinski definition) is 6. The monoisotopic (exact) mass is 539 g/mol. The summed E-state index contributed by atoms with van der Waals surface area (Å²) in [5.41, 5.74) is 6.57. The third-order valence-electron chi connectivity index (χ3n) is 8.52. The van der Waals surface area contributed by atoms with Gasteiger partial charge < -0.3 is 0 Å². The number of aliphatic hydroxyl groups is 3. The molecule has 2 amide bonds. The molecule has 0 unspecified atom stereocenters. The first-order chi connectivity index (χ1) is 18.2. The fourth-order valence-electron chi connectivity index (χ4n) is 6.70. The number of ketones is 1. The van der Waals surface area contributed by atoms with Gasteiger partial charge in [0.15, 0.2) is 0 Å². The molecule has 2 fully saturated rings. The van der Waals surface area contributed by atoms with Gasteiger partial charge in [-0.05, 0) is 0 Å². The number of phenolic OH excluding ortho intramolecular Hbond substituents is 1. The Kier molecular flexibility index (Phi) is 6.24. The average Bonchev–Trinajstić information content (AvgIpc) is 2.85. The van der Waals surface area contributed by atoms with Gasteiger partial charge in [-0.1, -0.05) is 0 Å². The van der Waals surface area contributed by atoms with Crippen LogP contribution in [0.2, 0.25) is 0 Å². The molecular weight excluding hydrogens is 510 g/mol. The van der Waals surface area contributed by atoms with Crippen molar-refractivity contribution in [3.8, 4) is 5.75 Å². The van der Waals surface area contributed by atoms with Gasteiger partial charge in [0.25, 0.3) is 0 Å². The van der Waals surface area contributed by atoms with E-state index in [0.717, 1.165) is 11.0 Å². The number of benzene rings is 1. The number of piperidine rings is 1. The van der Waals surface area contributed by atoms with Gasteiger partial charge in [0.1, 0.15) is 0 Å². The first kappa shape index (κ1) is 27.0. The zero-order valence-electron chi connectivity index (χ0n) is 21.4. The zero-order valence-corrected chi connectivity index (χ0v) is 21.4. The number of likely N-dealkylation sites (N-methyl/N-ethyl adjacent to an activating group) is 1. The molecule has 0 aromatic heterocycles. The number of hydrogen-bond acceptors (Lipinski definition) is 9. The molecule has 5 atom stereocenters. The quantitative estimate of drug-likeness (QED) is 0.271. The number of fused-ring (bicyclic) bond motifs is 3. The number of amides is 2. The van der Waals surface area contributed by atoms with Crippen LogP contribution in [0.25, 0.3) is 5.76 Å². The van der Waals surface area contributed by atoms with Crippen LogP contribution in [0.15, 0.2) is 23.0 Å². The van der Waals surface area contributed by atoms with Crippen LogP contribution in [0.5, 0.6) is 5.75 Å². The number of Topliss-reactive ketones (excluding diaryl/α,β-unsaturated/α-hetero) is 1. The molecular formula is C26H29BFN4O7. The van der Waals surface area contributed by atoms with E-state index in [2.05, 4.69) is 0 Å². The van der Waals surface area contributed by atoms with Crippen molar-refractivity contribution in [2.45, 2.75) is 43.4 Å². The summed E-state index contributed by atoms with van der Waals surface area (Å²) >= 11 is 0. The van der Waals surface area contributed by atoms with Crippen molar-refractivity contribution >= 4 is 42.0 Å². The van der Waals surface area contributed by atoms with Crippen molar-refractivity contribution in [1.29, 1.82) is 0 Å². The summed E-state index contributed by atoms with van der Waals surface area (Å²) in [6, 6.07) is -0.877. The molecule has 1 aromatic rings. The number of rotatable bonds is 3. The summed E-state index contributed by atoms with van der Waals surface area (Å²) in [7, 11) is 9.25. The Bertz CT molecular complexity index is 1420. The van der Waals surface area contributed by atoms with Gasteiger partial charge >= 0.3 is 224 Å². The fraction of sp³-hybridized carbons (Fsp3) is 0.462. The van der Waals surface area contributed by atoms with E-state index in [0.29, 0.717) is 12.8 Å². The van der Waals surface area contributed by atoms with Gasteiger partial charge in [-0.25, -0.2) is 0 Å². The van der Waals surface area contributed by atoms with Gasteiger partial charge in [0.2, 0.25) is 0 Å². The van der Waals surface area contributed by atoms with E-state index in [1.165, 1.54) is 4.90 Å². The third-order valence-corrected chi connectivity index (χ3v) is 8.52. The minimum atomic E-state index is -2.54. The second-order valence-corrected chi connectivity index (χ2v) is 10.9. The molecule has 1 aromatic carbocycles. The van der Waals surface area contributed by atoms with Crippen LogP contribution in [0.1, 0.15) is 30.4 Å². The molecule has 13 heteroatoms. The fourth-order valence-corrected chi connectivity index (χ4v) is 6.70. The molecule has 1 aliphatic heterocycles. The number of carbonyl (C=O) groups is 3. The summed E-state index contributed by atoms with van der Waals surface area (Å²) in [5.74, 6) is -7.30. The number of nitrogens with zero attached hydrogens (tertiary/aromatic N) is 2. The molecule has 1 saturated heterocycles. The molecule has 1 saturated carbocycles. The Labute approximate surface area is 224 Å². The summed E-state index contributed by atoms with van der Waals surface area (Å²) < 4.78 is 15.5. The Morgan fingerprint density at radius 2 is 1.92 bits per heavy atom. The summed E-state index contributed by atoms with van der Waals surface area (Å²) in [5, 5.41) is 45.2. The summed E-state index contributed by atoms with van der Waals surface area (Å²) in [4.78, 5) is 41.5. The number of aliphatic hydroxyl groups excluding tert-OH is 2. The number of aromatic hydroxyl groups is 1. The van der Waals surface area contributed by atoms with E-state index in [1.54, 1.807) is 14.1 Å². The molecule has 11 nitrogen and oxygen atoms in total. The number of carbonyl (C=O) groups excluding carboxylic acids is 3. The molecule has 0 spiro atoms. The van der Waals surface area contributed by atoms with Crippen LogP contribution in [0, 0.1) is 17.7 Å². The third kappa shape index (κ3) is 3.60. The van der Waals surface area contributed by atoms with Crippen LogP contribution in [0.4, 0.5) is 10.1 Å². The first-order valence-corrected chi connectivity index (χ1v) is 12.6. The maximum absolute atomic E-state index is 15.5. The normalized spacial score (nSPS) is 30.9. The van der Waals surface area contributed by atoms with Crippen LogP contribution in [0.3, 0.4) is 0 Å². The van der Waals surface area contributed by atoms with Crippen LogP contribution in [-0.2, 0) is 20.8 Å². The van der Waals surface area contributed by atoms with E-state index >= 15 is 4.39 Å². The zero-order chi connectivity index (χ0) is 28.7. The van der Waals surface area contributed by atoms with Crippen LogP contribution >= 0.6 is 0 Å². The van der Waals surface area contributed by atoms with Crippen molar-refractivity contribution in [3.05, 3.63) is 39.9 Å². The molecule has 39 heavy (non-hydrogen) atoms. The van der Waals surface area contributed by atoms with Crippen molar-refractivity contribution in [3.63, 3.8) is 0 Å². The Balaban J connectivity index is 1.69. The van der Waals surface area contributed by atoms with Crippen molar-refractivity contribution < 1.29 is 39.2 Å². The van der Waals surface area contributed by atoms with E-state index in [-0.39, 0.29) is 41.8 Å². The second-order valence-electron chi connectivity index (χ2n) is 10.9. The van der Waals surface area contributed by atoms with Gasteiger partial charge in [-0.3, -0.25) is 0 Å². The van der Waals surface area contributed by atoms with Gasteiger partial charge in [0.05, 0.1) is 0 Å². The molecule has 4 aliphatic rings. The minimum absolute atomic E-state index is 0.0395. The van der Waals surface area contributed by atoms with Gasteiger partial charge in [-0.2, -0.15) is 0 Å². The molecule has 5 rings (SSSR count). The molecule has 1 heterocycles. The van der Waals surface area contributed by atoms with E-state index in [4.69, 9.17) is 19.0 Å². The number of halogens is 1. The van der Waals surface area contributed by atoms with Crippen molar-refractivity contribution in [2.24, 2.45) is 23.3 Å². The molecule has 1 radical (unpaired) electrons. The molecule has 205 valence electrons. The number of anilines is 1. The van der Waals surface area contributed by atoms with E-state index in [1.807, 2.05) is 0 Å². The molecule has 3 aliphatic carbocycles. The number of phenols is 1. The first-order valence-electron chi connectivity index (χ1n) is 12.6. The standard InChI is InChI=1S/C26H29BFN4O7/c1-31(2)18-11-7-9-6-10-12(28)8-14(32-5-3-4-13(29)25(32)38)19(33)16(10)20(34)15(9)23(36)26(11,39)22(27)17(21(18)35)24(30)37/h8-9,11,13,18,33-35,39H,3-7,29H2,1-2H3,(H2,30,37)/t9-,11-,13-,18-,26+/m0/s1. The topological polar surface area (TPSA) is 191 Å². The van der Waals surface area contributed by atoms with Crippen molar-refractivity contribution in [1.82, 2.24) is 4.90 Å². The SMILES string of the molecule is [B]=C1C(C(N)=O)=C(O)[C@@H](N(C)C)[C@@H]2C[C@@H]3Cc4c(F)cc(N5CCC[C@H](N)C5=O)c(O)c4C(O)=C3C(=O)[C@]12O. The van der Waals surface area contributed by atoms with Gasteiger partial charge in [-0.15, -0.1) is 0 Å². The summed E-state index contributed by atoms with van der Waals surface area (Å²) in [6.45, 7) is 0.168. The van der Waals surface area contributed by atoms with Crippen molar-refractivity contribution in [2.75, 3.05) is 25.5 Å². The second kappa shape index (κ2) is 9.00. The molecule has 8 N–H and O–H groups in total. The van der Waals surface area contributed by atoms with Crippen LogP contribution in [-0.4, -0.2) is 94.2 Å². The predicted molar refractivity (Wildman–Crippen MR) is 140 cm³/mol. The van der Waals surface area contributed by atoms with Crippen LogP contribution < -0.4 is 16.4 Å². The van der Waals surface area contributed by atoms with E-state index < -0.39 is 81.2 Å². The predicted octanol–water partition coefficient (Wildman–Crippen LogP) is -0.671. The number of primary amides is 1. The summed E-state index contributed by atoms with van der Waals surface area (Å²) in [6.07, 6.45) is 0.769. The number of nitrogens with two attached hydrogens (primary N) is 2. The Morgan fingerprint density at radius 1 is 1.26 bits per heavy atom.